The number of nitrogens with zero attached hydrogens (tertiary/aromatic N) is 1. The molecule has 1 N–H and O–H groups in total. The number of carbonyl (C=O) groups is 1. The van der Waals surface area contributed by atoms with Gasteiger partial charge in [-0.2, -0.15) is 5.10 Å². The first-order chi connectivity index (χ1) is 16.9. The highest BCUT2D eigenvalue weighted by Crippen LogP contribution is 2.36. The maximum atomic E-state index is 13.4. The summed E-state index contributed by atoms with van der Waals surface area (Å²) in [4.78, 5) is 12.5. The summed E-state index contributed by atoms with van der Waals surface area (Å²) in [6.45, 7) is 2.67. The highest BCUT2D eigenvalue weighted by Gasteiger charge is 2.13. The topological polar surface area (TPSA) is 78.4 Å². The molecule has 0 radical (unpaired) electrons. The molecule has 0 aliphatic carbocycles. The summed E-state index contributed by atoms with van der Waals surface area (Å²) in [5, 5.41) is 4.28. The Kier molecular flexibility index (Phi) is 9.31. The van der Waals surface area contributed by atoms with Crippen LogP contribution in [0.25, 0.3) is 0 Å². The van der Waals surface area contributed by atoms with Gasteiger partial charge in [-0.25, -0.2) is 9.82 Å². The van der Waals surface area contributed by atoms with Crippen molar-refractivity contribution in [3.8, 4) is 23.0 Å². The standard InChI is InChI=1S/C26H26ClFN2O5/c1-4-10-34-22-9-8-19(14-23(22)32-2)26(31)30-29-15-18-12-21(27)25(24(13-18)33-3)35-16-17-6-5-7-20(28)11-17/h5-9,11-15H,4,10,16H2,1-3H3,(H,30,31)/b29-15+. The van der Waals surface area contributed by atoms with Crippen LogP contribution < -0.4 is 24.4 Å². The number of methoxy groups -OCH3 is 2. The van der Waals surface area contributed by atoms with Crippen molar-refractivity contribution in [3.63, 3.8) is 0 Å². The Morgan fingerprint density at radius 2 is 1.83 bits per heavy atom. The fourth-order valence-electron chi connectivity index (χ4n) is 3.11. The van der Waals surface area contributed by atoms with Gasteiger partial charge >= 0.3 is 0 Å². The molecule has 3 aromatic carbocycles. The molecule has 0 heterocycles. The van der Waals surface area contributed by atoms with E-state index in [1.807, 2.05) is 6.92 Å². The maximum Gasteiger partial charge on any atom is 0.271 e. The van der Waals surface area contributed by atoms with Gasteiger partial charge in [0.15, 0.2) is 23.0 Å². The molecule has 0 saturated carbocycles. The fraction of sp³-hybridized carbons (Fsp3) is 0.231. The second kappa shape index (κ2) is 12.6. The van der Waals surface area contributed by atoms with Crippen molar-refractivity contribution in [2.45, 2.75) is 20.0 Å². The van der Waals surface area contributed by atoms with Crippen LogP contribution >= 0.6 is 11.6 Å². The van der Waals surface area contributed by atoms with Gasteiger partial charge in [0, 0.05) is 5.56 Å². The molecule has 7 nitrogen and oxygen atoms in total. The molecule has 35 heavy (non-hydrogen) atoms. The first kappa shape index (κ1) is 25.8. The minimum atomic E-state index is -0.422. The molecule has 0 unspecified atom stereocenters. The number of halogens is 2. The van der Waals surface area contributed by atoms with Gasteiger partial charge in [-0.15, -0.1) is 0 Å². The Morgan fingerprint density at radius 3 is 2.54 bits per heavy atom. The van der Waals surface area contributed by atoms with Crippen LogP contribution in [0.3, 0.4) is 0 Å². The van der Waals surface area contributed by atoms with E-state index in [1.165, 1.54) is 32.6 Å². The zero-order valence-electron chi connectivity index (χ0n) is 19.6. The minimum Gasteiger partial charge on any atom is -0.493 e. The van der Waals surface area contributed by atoms with Crippen LogP contribution in [0.15, 0.2) is 59.7 Å². The number of carbonyl (C=O) groups excluding carboxylic acids is 1. The molecular weight excluding hydrogens is 475 g/mol. The average molecular weight is 501 g/mol. The van der Waals surface area contributed by atoms with E-state index in [0.717, 1.165) is 6.42 Å². The van der Waals surface area contributed by atoms with Crippen molar-refractivity contribution in [3.05, 3.63) is 82.1 Å². The summed E-state index contributed by atoms with van der Waals surface area (Å²) in [6, 6.07) is 14.3. The lowest BCUT2D eigenvalue weighted by molar-refractivity contribution is 0.0954. The van der Waals surface area contributed by atoms with Crippen LogP contribution in [0.1, 0.15) is 34.8 Å². The summed E-state index contributed by atoms with van der Waals surface area (Å²) in [5.41, 5.74) is 4.06. The summed E-state index contributed by atoms with van der Waals surface area (Å²) >= 11 is 6.38. The molecule has 3 aromatic rings. The van der Waals surface area contributed by atoms with Crippen LogP contribution in [0.5, 0.6) is 23.0 Å². The fourth-order valence-corrected chi connectivity index (χ4v) is 3.38. The number of nitrogens with one attached hydrogen (secondary N) is 1. The van der Waals surface area contributed by atoms with Gasteiger partial charge < -0.3 is 18.9 Å². The van der Waals surface area contributed by atoms with Gasteiger partial charge in [0.05, 0.1) is 32.1 Å². The predicted molar refractivity (Wildman–Crippen MR) is 133 cm³/mol. The molecule has 0 fully saturated rings. The minimum absolute atomic E-state index is 0.114. The largest absolute Gasteiger partial charge is 0.493 e. The van der Waals surface area contributed by atoms with Crippen molar-refractivity contribution in [1.29, 1.82) is 0 Å². The summed E-state index contributed by atoms with van der Waals surface area (Å²) in [5.74, 6) is 0.939. The predicted octanol–water partition coefficient (Wildman–Crippen LogP) is 5.63. The average Bonchev–Trinajstić information content (AvgIpc) is 2.86. The quantitative estimate of drug-likeness (QED) is 0.273. The van der Waals surface area contributed by atoms with Crippen LogP contribution in [0.4, 0.5) is 4.39 Å². The van der Waals surface area contributed by atoms with Gasteiger partial charge in [0.25, 0.3) is 5.91 Å². The van der Waals surface area contributed by atoms with Gasteiger partial charge in [0.2, 0.25) is 0 Å². The lowest BCUT2D eigenvalue weighted by Crippen LogP contribution is -2.17. The smallest absolute Gasteiger partial charge is 0.271 e. The normalized spacial score (nSPS) is 10.8. The molecule has 0 saturated heterocycles. The van der Waals surface area contributed by atoms with Crippen LogP contribution in [-0.4, -0.2) is 32.9 Å². The first-order valence-corrected chi connectivity index (χ1v) is 11.2. The van der Waals surface area contributed by atoms with E-state index in [4.69, 9.17) is 30.5 Å². The Morgan fingerprint density at radius 1 is 1.03 bits per heavy atom. The molecule has 9 heteroatoms. The highest BCUT2D eigenvalue weighted by atomic mass is 35.5. The van der Waals surface area contributed by atoms with Crippen molar-refractivity contribution in [2.75, 3.05) is 20.8 Å². The van der Waals surface area contributed by atoms with Crippen LogP contribution in [-0.2, 0) is 6.61 Å². The molecular formula is C26H26ClFN2O5. The Balaban J connectivity index is 1.67. The number of hydrogen-bond acceptors (Lipinski definition) is 6. The van der Waals surface area contributed by atoms with Crippen molar-refractivity contribution in [1.82, 2.24) is 5.43 Å². The summed E-state index contributed by atoms with van der Waals surface area (Å²) in [7, 11) is 2.99. The summed E-state index contributed by atoms with van der Waals surface area (Å²) in [6.07, 6.45) is 2.29. The summed E-state index contributed by atoms with van der Waals surface area (Å²) < 4.78 is 35.4. The van der Waals surface area contributed by atoms with E-state index in [0.29, 0.717) is 46.3 Å². The van der Waals surface area contributed by atoms with Crippen LogP contribution in [0, 0.1) is 5.82 Å². The number of rotatable bonds is 11. The third kappa shape index (κ3) is 7.10. The Hall–Kier alpha value is -3.78. The third-order valence-electron chi connectivity index (χ3n) is 4.79. The van der Waals surface area contributed by atoms with E-state index in [1.54, 1.807) is 42.5 Å². The second-order valence-electron chi connectivity index (χ2n) is 7.37. The molecule has 3 rings (SSSR count). The molecule has 0 aliphatic rings. The zero-order valence-corrected chi connectivity index (χ0v) is 20.4. The molecule has 0 bridgehead atoms. The number of benzene rings is 3. The zero-order chi connectivity index (χ0) is 25.2. The third-order valence-corrected chi connectivity index (χ3v) is 5.07. The Labute approximate surface area is 208 Å². The number of ether oxygens (including phenoxy) is 4. The van der Waals surface area contributed by atoms with E-state index in [9.17, 15) is 9.18 Å². The molecule has 184 valence electrons. The lowest BCUT2D eigenvalue weighted by Gasteiger charge is -2.13. The Bertz CT molecular complexity index is 1200. The first-order valence-electron chi connectivity index (χ1n) is 10.8. The van der Waals surface area contributed by atoms with E-state index < -0.39 is 5.91 Å². The van der Waals surface area contributed by atoms with Gasteiger partial charge in [-0.05, 0) is 60.0 Å². The monoisotopic (exact) mass is 500 g/mol. The van der Waals surface area contributed by atoms with E-state index in [2.05, 4.69) is 10.5 Å². The lowest BCUT2D eigenvalue weighted by atomic mass is 10.2. The van der Waals surface area contributed by atoms with Gasteiger partial charge in [-0.3, -0.25) is 4.79 Å². The maximum absolute atomic E-state index is 13.4. The molecule has 0 aliphatic heterocycles. The van der Waals surface area contributed by atoms with Crippen molar-refractivity contribution < 1.29 is 28.1 Å². The molecule has 0 aromatic heterocycles. The van der Waals surface area contributed by atoms with Crippen molar-refractivity contribution in [2.24, 2.45) is 5.10 Å². The second-order valence-corrected chi connectivity index (χ2v) is 7.77. The molecule has 0 atom stereocenters. The number of hydrazone groups is 1. The van der Waals surface area contributed by atoms with E-state index >= 15 is 0 Å². The van der Waals surface area contributed by atoms with E-state index in [-0.39, 0.29) is 17.4 Å². The SMILES string of the molecule is CCCOc1ccc(C(=O)N/N=C/c2cc(Cl)c(OCc3cccc(F)c3)c(OC)c2)cc1OC. The van der Waals surface area contributed by atoms with Crippen LogP contribution in [0.2, 0.25) is 5.02 Å². The molecule has 1 amide bonds. The number of amides is 1. The van der Waals surface area contributed by atoms with Gasteiger partial charge in [-0.1, -0.05) is 30.7 Å². The molecule has 0 spiro atoms. The van der Waals surface area contributed by atoms with Gasteiger partial charge in [0.1, 0.15) is 12.4 Å². The number of hydrogen-bond donors (Lipinski definition) is 1. The highest BCUT2D eigenvalue weighted by molar-refractivity contribution is 6.32. The van der Waals surface area contributed by atoms with Crippen molar-refractivity contribution >= 4 is 23.7 Å².